The summed E-state index contributed by atoms with van der Waals surface area (Å²) in [6, 6.07) is 4.14. The summed E-state index contributed by atoms with van der Waals surface area (Å²) in [4.78, 5) is 0.527. The van der Waals surface area contributed by atoms with Crippen LogP contribution in [0, 0.1) is 11.6 Å². The number of halogens is 2. The third-order valence-electron chi connectivity index (χ3n) is 2.99. The van der Waals surface area contributed by atoms with Crippen LogP contribution in [0.15, 0.2) is 23.1 Å². The fourth-order valence-corrected chi connectivity index (χ4v) is 3.26. The van der Waals surface area contributed by atoms with Crippen LogP contribution in [-0.4, -0.2) is 18.3 Å². The SMILES string of the molecule is CCCC(NC)C(CC)Sc1ccc(F)cc1F. The van der Waals surface area contributed by atoms with E-state index < -0.39 is 11.6 Å². The Balaban J connectivity index is 2.78. The van der Waals surface area contributed by atoms with Crippen molar-refractivity contribution in [3.63, 3.8) is 0 Å². The summed E-state index contributed by atoms with van der Waals surface area (Å²) >= 11 is 1.49. The van der Waals surface area contributed by atoms with Crippen molar-refractivity contribution in [3.05, 3.63) is 29.8 Å². The number of rotatable bonds is 7. The van der Waals surface area contributed by atoms with Crippen LogP contribution in [0.1, 0.15) is 33.1 Å². The molecule has 0 amide bonds. The fraction of sp³-hybridized carbons (Fsp3) is 0.571. The molecule has 1 aromatic rings. The summed E-state index contributed by atoms with van der Waals surface area (Å²) < 4.78 is 26.5. The van der Waals surface area contributed by atoms with Crippen LogP contribution in [0.2, 0.25) is 0 Å². The summed E-state index contributed by atoms with van der Waals surface area (Å²) in [7, 11) is 1.94. The Morgan fingerprint density at radius 3 is 2.50 bits per heavy atom. The summed E-state index contributed by atoms with van der Waals surface area (Å²) in [6.07, 6.45) is 3.10. The topological polar surface area (TPSA) is 12.0 Å². The van der Waals surface area contributed by atoms with Gasteiger partial charge in [-0.3, -0.25) is 0 Å². The van der Waals surface area contributed by atoms with Crippen LogP contribution in [0.5, 0.6) is 0 Å². The van der Waals surface area contributed by atoms with Gasteiger partial charge in [-0.1, -0.05) is 20.3 Å². The summed E-state index contributed by atoms with van der Waals surface area (Å²) in [5, 5.41) is 3.59. The van der Waals surface area contributed by atoms with Crippen molar-refractivity contribution in [1.29, 1.82) is 0 Å². The molecule has 4 heteroatoms. The highest BCUT2D eigenvalue weighted by Crippen LogP contribution is 2.31. The summed E-state index contributed by atoms with van der Waals surface area (Å²) in [5.41, 5.74) is 0. The second-order valence-electron chi connectivity index (χ2n) is 4.32. The lowest BCUT2D eigenvalue weighted by Crippen LogP contribution is -2.35. The predicted octanol–water partition coefficient (Wildman–Crippen LogP) is 4.22. The molecule has 0 radical (unpaired) electrons. The third-order valence-corrected chi connectivity index (χ3v) is 4.54. The smallest absolute Gasteiger partial charge is 0.139 e. The molecule has 0 aliphatic carbocycles. The maximum absolute atomic E-state index is 13.6. The Morgan fingerprint density at radius 1 is 1.28 bits per heavy atom. The highest BCUT2D eigenvalue weighted by atomic mass is 32.2. The van der Waals surface area contributed by atoms with E-state index in [-0.39, 0.29) is 0 Å². The molecule has 0 aromatic heterocycles. The first-order valence-electron chi connectivity index (χ1n) is 6.41. The van der Waals surface area contributed by atoms with Gasteiger partial charge in [0.1, 0.15) is 11.6 Å². The van der Waals surface area contributed by atoms with E-state index in [1.165, 1.54) is 23.9 Å². The zero-order chi connectivity index (χ0) is 13.5. The summed E-state index contributed by atoms with van der Waals surface area (Å²) in [6.45, 7) is 4.24. The van der Waals surface area contributed by atoms with E-state index in [1.54, 1.807) is 0 Å². The largest absolute Gasteiger partial charge is 0.316 e. The first-order chi connectivity index (χ1) is 8.62. The number of hydrogen-bond acceptors (Lipinski definition) is 2. The maximum atomic E-state index is 13.6. The summed E-state index contributed by atoms with van der Waals surface area (Å²) in [5.74, 6) is -0.992. The molecule has 2 unspecified atom stereocenters. The van der Waals surface area contributed by atoms with Gasteiger partial charge in [0.15, 0.2) is 0 Å². The van der Waals surface area contributed by atoms with E-state index in [2.05, 4.69) is 19.2 Å². The lowest BCUT2D eigenvalue weighted by molar-refractivity contribution is 0.489. The average Bonchev–Trinajstić information content (AvgIpc) is 2.36. The Hall–Kier alpha value is -0.610. The average molecular weight is 273 g/mol. The monoisotopic (exact) mass is 273 g/mol. The van der Waals surface area contributed by atoms with Crippen molar-refractivity contribution >= 4 is 11.8 Å². The molecule has 0 saturated heterocycles. The van der Waals surface area contributed by atoms with Crippen molar-refractivity contribution in [2.45, 2.75) is 49.3 Å². The van der Waals surface area contributed by atoms with Crippen molar-refractivity contribution in [1.82, 2.24) is 5.32 Å². The van der Waals surface area contributed by atoms with E-state index >= 15 is 0 Å². The van der Waals surface area contributed by atoms with Crippen LogP contribution >= 0.6 is 11.8 Å². The highest BCUT2D eigenvalue weighted by Gasteiger charge is 2.20. The van der Waals surface area contributed by atoms with Crippen molar-refractivity contribution in [2.24, 2.45) is 0 Å². The van der Waals surface area contributed by atoms with Gasteiger partial charge in [-0.15, -0.1) is 11.8 Å². The van der Waals surface area contributed by atoms with Crippen molar-refractivity contribution < 1.29 is 8.78 Å². The molecule has 0 bridgehead atoms. The van der Waals surface area contributed by atoms with Gasteiger partial charge in [0.05, 0.1) is 0 Å². The number of thioether (sulfide) groups is 1. The van der Waals surface area contributed by atoms with Gasteiger partial charge >= 0.3 is 0 Å². The molecule has 1 nitrogen and oxygen atoms in total. The highest BCUT2D eigenvalue weighted by molar-refractivity contribution is 8.00. The Bertz CT molecular complexity index is 371. The maximum Gasteiger partial charge on any atom is 0.139 e. The minimum Gasteiger partial charge on any atom is -0.316 e. The molecule has 1 N–H and O–H groups in total. The van der Waals surface area contributed by atoms with Gasteiger partial charge in [-0.25, -0.2) is 8.78 Å². The quantitative estimate of drug-likeness (QED) is 0.746. The lowest BCUT2D eigenvalue weighted by Gasteiger charge is -2.25. The van der Waals surface area contributed by atoms with Gasteiger partial charge in [-0.05, 0) is 32.0 Å². The van der Waals surface area contributed by atoms with Crippen LogP contribution < -0.4 is 5.32 Å². The molecule has 1 rings (SSSR count). The van der Waals surface area contributed by atoms with Crippen molar-refractivity contribution in [3.8, 4) is 0 Å². The molecule has 0 heterocycles. The van der Waals surface area contributed by atoms with Crippen LogP contribution in [0.25, 0.3) is 0 Å². The molecule has 0 spiro atoms. The van der Waals surface area contributed by atoms with E-state index in [4.69, 9.17) is 0 Å². The molecular formula is C14H21F2NS. The molecule has 18 heavy (non-hydrogen) atoms. The first kappa shape index (κ1) is 15.4. The second kappa shape index (κ2) is 7.74. The minimum atomic E-state index is -0.524. The minimum absolute atomic E-state index is 0.301. The van der Waals surface area contributed by atoms with Gasteiger partial charge in [0.25, 0.3) is 0 Å². The number of benzene rings is 1. The van der Waals surface area contributed by atoms with E-state index in [0.29, 0.717) is 16.2 Å². The fourth-order valence-electron chi connectivity index (χ4n) is 2.01. The van der Waals surface area contributed by atoms with Gasteiger partial charge in [-0.2, -0.15) is 0 Å². The van der Waals surface area contributed by atoms with Crippen LogP contribution in [-0.2, 0) is 0 Å². The molecular weight excluding hydrogens is 252 g/mol. The van der Waals surface area contributed by atoms with Gasteiger partial charge < -0.3 is 5.32 Å². The van der Waals surface area contributed by atoms with Crippen LogP contribution in [0.4, 0.5) is 8.78 Å². The molecule has 1 aromatic carbocycles. The van der Waals surface area contributed by atoms with Gasteiger partial charge in [0, 0.05) is 22.3 Å². The zero-order valence-electron chi connectivity index (χ0n) is 11.2. The third kappa shape index (κ3) is 4.25. The Morgan fingerprint density at radius 2 is 2.00 bits per heavy atom. The molecule has 0 aliphatic heterocycles. The molecule has 2 atom stereocenters. The first-order valence-corrected chi connectivity index (χ1v) is 7.29. The van der Waals surface area contributed by atoms with Gasteiger partial charge in [0.2, 0.25) is 0 Å². The predicted molar refractivity (Wildman–Crippen MR) is 74.0 cm³/mol. The normalized spacial score (nSPS) is 14.5. The zero-order valence-corrected chi connectivity index (χ0v) is 12.0. The Labute approximate surface area is 112 Å². The standard InChI is InChI=1S/C14H21F2NS/c1-4-6-12(17-3)13(5-2)18-14-8-7-10(15)9-11(14)16/h7-9,12-13,17H,4-6H2,1-3H3. The van der Waals surface area contributed by atoms with Crippen LogP contribution in [0.3, 0.4) is 0 Å². The lowest BCUT2D eigenvalue weighted by atomic mass is 10.1. The molecule has 102 valence electrons. The van der Waals surface area contributed by atoms with E-state index in [1.807, 2.05) is 7.05 Å². The molecule has 0 aliphatic rings. The number of hydrogen-bond donors (Lipinski definition) is 1. The molecule has 0 saturated carbocycles. The Kier molecular flexibility index (Phi) is 6.65. The molecule has 0 fully saturated rings. The van der Waals surface area contributed by atoms with E-state index in [9.17, 15) is 8.78 Å². The second-order valence-corrected chi connectivity index (χ2v) is 5.60. The van der Waals surface area contributed by atoms with E-state index in [0.717, 1.165) is 25.3 Å². The van der Waals surface area contributed by atoms with Crippen molar-refractivity contribution in [2.75, 3.05) is 7.05 Å². The number of nitrogens with one attached hydrogen (secondary N) is 1.